The van der Waals surface area contributed by atoms with E-state index in [2.05, 4.69) is 5.32 Å². The monoisotopic (exact) mass is 334 g/mol. The number of halogens is 3. The minimum Gasteiger partial charge on any atom is -0.387 e. The Morgan fingerprint density at radius 1 is 1.12 bits per heavy atom. The molecule has 2 aromatic carbocycles. The number of nitrogens with zero attached hydrogens (tertiary/aromatic N) is 1. The van der Waals surface area contributed by atoms with Crippen LogP contribution in [0.4, 0.5) is 13.2 Å². The molecule has 0 aliphatic carbocycles. The number of nitrogens with one attached hydrogen (secondary N) is 1. The first-order chi connectivity index (χ1) is 11.3. The number of alkyl halides is 3. The van der Waals surface area contributed by atoms with Gasteiger partial charge in [-0.3, -0.25) is 0 Å². The second-order valence-corrected chi connectivity index (χ2v) is 5.50. The number of benzene rings is 2. The van der Waals surface area contributed by atoms with E-state index in [9.17, 15) is 18.3 Å². The van der Waals surface area contributed by atoms with Crippen LogP contribution in [0.1, 0.15) is 41.3 Å². The lowest BCUT2D eigenvalue weighted by atomic mass is 10.0. The molecule has 126 valence electrons. The Hall–Kier alpha value is -2.36. The average Bonchev–Trinajstić information content (AvgIpc) is 2.58. The molecule has 6 heteroatoms. The maximum atomic E-state index is 12.7. The van der Waals surface area contributed by atoms with Gasteiger partial charge in [-0.25, -0.2) is 0 Å². The van der Waals surface area contributed by atoms with Gasteiger partial charge in [0, 0.05) is 12.6 Å². The standard InChI is InChI=1S/C18H17F3N2O/c1-12(15-3-2-4-16(9-15)18(19,20)21)23-11-17(24)14-7-5-13(10-22)6-8-14/h2-9,12,17,23-24H,11H2,1H3. The molecule has 2 unspecified atom stereocenters. The molecular formula is C18H17F3N2O. The highest BCUT2D eigenvalue weighted by atomic mass is 19.4. The van der Waals surface area contributed by atoms with Crippen molar-refractivity contribution < 1.29 is 18.3 Å². The predicted molar refractivity (Wildman–Crippen MR) is 84.0 cm³/mol. The van der Waals surface area contributed by atoms with Crippen LogP contribution in [0.15, 0.2) is 48.5 Å². The number of rotatable bonds is 5. The van der Waals surface area contributed by atoms with E-state index in [1.165, 1.54) is 6.07 Å². The van der Waals surface area contributed by atoms with Crippen LogP contribution in [-0.4, -0.2) is 11.7 Å². The Labute approximate surface area is 138 Å². The largest absolute Gasteiger partial charge is 0.416 e. The molecule has 0 heterocycles. The van der Waals surface area contributed by atoms with E-state index in [4.69, 9.17) is 5.26 Å². The molecule has 0 spiro atoms. The number of hydrogen-bond acceptors (Lipinski definition) is 3. The second-order valence-electron chi connectivity index (χ2n) is 5.50. The van der Waals surface area contributed by atoms with Gasteiger partial charge < -0.3 is 10.4 Å². The van der Waals surface area contributed by atoms with Gasteiger partial charge in [0.05, 0.1) is 23.3 Å². The smallest absolute Gasteiger partial charge is 0.387 e. The summed E-state index contributed by atoms with van der Waals surface area (Å²) in [4.78, 5) is 0. The summed E-state index contributed by atoms with van der Waals surface area (Å²) in [6.45, 7) is 1.92. The minimum atomic E-state index is -4.38. The fraction of sp³-hybridized carbons (Fsp3) is 0.278. The molecule has 24 heavy (non-hydrogen) atoms. The zero-order chi connectivity index (χ0) is 17.7. The van der Waals surface area contributed by atoms with Gasteiger partial charge in [-0.1, -0.05) is 24.3 Å². The Morgan fingerprint density at radius 2 is 1.79 bits per heavy atom. The molecule has 0 saturated heterocycles. The van der Waals surface area contributed by atoms with Crippen LogP contribution in [0.25, 0.3) is 0 Å². The molecule has 0 amide bonds. The summed E-state index contributed by atoms with van der Waals surface area (Å²) in [6, 6.07) is 13.3. The van der Waals surface area contributed by atoms with E-state index in [0.29, 0.717) is 16.7 Å². The molecule has 0 saturated carbocycles. The topological polar surface area (TPSA) is 56.0 Å². The summed E-state index contributed by atoms with van der Waals surface area (Å²) in [5, 5.41) is 21.9. The Bertz CT molecular complexity index is 720. The van der Waals surface area contributed by atoms with E-state index in [-0.39, 0.29) is 12.6 Å². The van der Waals surface area contributed by atoms with E-state index in [1.807, 2.05) is 6.07 Å². The second kappa shape index (κ2) is 7.47. The van der Waals surface area contributed by atoms with Crippen LogP contribution in [-0.2, 0) is 6.18 Å². The van der Waals surface area contributed by atoms with E-state index in [1.54, 1.807) is 37.3 Å². The SMILES string of the molecule is CC(NCC(O)c1ccc(C#N)cc1)c1cccc(C(F)(F)F)c1. The molecule has 3 nitrogen and oxygen atoms in total. The highest BCUT2D eigenvalue weighted by Crippen LogP contribution is 2.30. The molecule has 0 aliphatic rings. The molecule has 0 bridgehead atoms. The van der Waals surface area contributed by atoms with Crippen molar-refractivity contribution in [2.75, 3.05) is 6.54 Å². The number of aliphatic hydroxyl groups excluding tert-OH is 1. The maximum Gasteiger partial charge on any atom is 0.416 e. The Balaban J connectivity index is 1.99. The molecule has 0 aromatic heterocycles. The van der Waals surface area contributed by atoms with Crippen LogP contribution in [0.5, 0.6) is 0 Å². The van der Waals surface area contributed by atoms with E-state index < -0.39 is 17.8 Å². The highest BCUT2D eigenvalue weighted by Gasteiger charge is 2.30. The fourth-order valence-corrected chi connectivity index (χ4v) is 2.29. The van der Waals surface area contributed by atoms with Crippen molar-refractivity contribution in [3.63, 3.8) is 0 Å². The van der Waals surface area contributed by atoms with Gasteiger partial charge in [-0.15, -0.1) is 0 Å². The third-order valence-electron chi connectivity index (χ3n) is 3.76. The third kappa shape index (κ3) is 4.57. The first-order valence-electron chi connectivity index (χ1n) is 7.40. The summed E-state index contributed by atoms with van der Waals surface area (Å²) < 4.78 is 38.2. The van der Waals surface area contributed by atoms with Crippen molar-refractivity contribution in [2.24, 2.45) is 0 Å². The zero-order valence-corrected chi connectivity index (χ0v) is 13.0. The van der Waals surface area contributed by atoms with Crippen LogP contribution in [0, 0.1) is 11.3 Å². The van der Waals surface area contributed by atoms with Crippen molar-refractivity contribution in [3.8, 4) is 6.07 Å². The van der Waals surface area contributed by atoms with Crippen molar-refractivity contribution in [2.45, 2.75) is 25.2 Å². The summed E-state index contributed by atoms with van der Waals surface area (Å²) >= 11 is 0. The molecule has 2 N–H and O–H groups in total. The van der Waals surface area contributed by atoms with Gasteiger partial charge in [0.1, 0.15) is 0 Å². The lowest BCUT2D eigenvalue weighted by Crippen LogP contribution is -2.25. The average molecular weight is 334 g/mol. The van der Waals surface area contributed by atoms with E-state index >= 15 is 0 Å². The molecule has 2 atom stereocenters. The van der Waals surface area contributed by atoms with Crippen molar-refractivity contribution in [3.05, 3.63) is 70.8 Å². The van der Waals surface area contributed by atoms with Gasteiger partial charge in [-0.2, -0.15) is 18.4 Å². The van der Waals surface area contributed by atoms with Crippen molar-refractivity contribution in [1.82, 2.24) is 5.32 Å². The van der Waals surface area contributed by atoms with Gasteiger partial charge in [0.2, 0.25) is 0 Å². The molecule has 0 radical (unpaired) electrons. The first kappa shape index (κ1) is 18.0. The summed E-state index contributed by atoms with van der Waals surface area (Å²) in [5.74, 6) is 0. The predicted octanol–water partition coefficient (Wildman–Crippen LogP) is 3.96. The van der Waals surface area contributed by atoms with Gasteiger partial charge in [0.25, 0.3) is 0 Å². The third-order valence-corrected chi connectivity index (χ3v) is 3.76. The number of nitriles is 1. The first-order valence-corrected chi connectivity index (χ1v) is 7.40. The maximum absolute atomic E-state index is 12.7. The normalized spacial score (nSPS) is 14.0. The van der Waals surface area contributed by atoms with Crippen LogP contribution < -0.4 is 5.32 Å². The lowest BCUT2D eigenvalue weighted by Gasteiger charge is -2.19. The zero-order valence-electron chi connectivity index (χ0n) is 13.0. The molecule has 2 aromatic rings. The minimum absolute atomic E-state index is 0.184. The number of aliphatic hydroxyl groups is 1. The molecule has 0 fully saturated rings. The fourth-order valence-electron chi connectivity index (χ4n) is 2.29. The Morgan fingerprint density at radius 3 is 2.38 bits per heavy atom. The molecular weight excluding hydrogens is 317 g/mol. The van der Waals surface area contributed by atoms with Crippen LogP contribution in [0.2, 0.25) is 0 Å². The molecule has 0 aliphatic heterocycles. The highest BCUT2D eigenvalue weighted by molar-refractivity contribution is 5.32. The summed E-state index contributed by atoms with van der Waals surface area (Å²) in [7, 11) is 0. The van der Waals surface area contributed by atoms with Gasteiger partial charge in [0.15, 0.2) is 0 Å². The lowest BCUT2D eigenvalue weighted by molar-refractivity contribution is -0.137. The quantitative estimate of drug-likeness (QED) is 0.870. The van der Waals surface area contributed by atoms with Crippen LogP contribution >= 0.6 is 0 Å². The van der Waals surface area contributed by atoms with Crippen molar-refractivity contribution >= 4 is 0 Å². The Kier molecular flexibility index (Phi) is 5.60. The summed E-state index contributed by atoms with van der Waals surface area (Å²) in [5.41, 5.74) is 0.937. The van der Waals surface area contributed by atoms with Crippen LogP contribution in [0.3, 0.4) is 0 Å². The van der Waals surface area contributed by atoms with E-state index in [0.717, 1.165) is 12.1 Å². The van der Waals surface area contributed by atoms with Gasteiger partial charge in [-0.05, 0) is 42.3 Å². The van der Waals surface area contributed by atoms with Gasteiger partial charge >= 0.3 is 6.18 Å². The molecule has 2 rings (SSSR count). The number of hydrogen-bond donors (Lipinski definition) is 2. The summed E-state index contributed by atoms with van der Waals surface area (Å²) in [6.07, 6.45) is -5.19. The van der Waals surface area contributed by atoms with Crippen molar-refractivity contribution in [1.29, 1.82) is 5.26 Å².